The molecule has 1 heterocycles. The number of fused-ring (bicyclic) bond motifs is 6. The fourth-order valence-electron chi connectivity index (χ4n) is 3.91. The van der Waals surface area contributed by atoms with Gasteiger partial charge < -0.3 is 10.2 Å². The Kier molecular flexibility index (Phi) is 2.26. The summed E-state index contributed by atoms with van der Waals surface area (Å²) in [7, 11) is 0. The number of aliphatic hydroxyl groups excluding tert-OH is 2. The summed E-state index contributed by atoms with van der Waals surface area (Å²) in [6.45, 7) is 0. The fraction of sp³-hybridized carbons (Fsp3) is 0.211. The Labute approximate surface area is 127 Å². The van der Waals surface area contributed by atoms with Crippen LogP contribution in [0.15, 0.2) is 35.3 Å². The number of benzene rings is 2. The van der Waals surface area contributed by atoms with E-state index in [0.29, 0.717) is 12.2 Å². The second kappa shape index (κ2) is 4.08. The van der Waals surface area contributed by atoms with Gasteiger partial charge in [-0.1, -0.05) is 18.2 Å². The van der Waals surface area contributed by atoms with Crippen molar-refractivity contribution in [1.29, 1.82) is 0 Å². The van der Waals surface area contributed by atoms with Gasteiger partial charge in [-0.15, -0.1) is 0 Å². The molecule has 2 aromatic rings. The highest BCUT2D eigenvalue weighted by molar-refractivity contribution is 6.24. The molecule has 5 rings (SSSR count). The molecule has 0 saturated heterocycles. The maximum absolute atomic E-state index is 10.0. The van der Waals surface area contributed by atoms with Crippen LogP contribution in [0.1, 0.15) is 24.8 Å². The number of hydrogen-bond donors (Lipinski definition) is 2. The van der Waals surface area contributed by atoms with Gasteiger partial charge in [0.1, 0.15) is 5.76 Å². The highest BCUT2D eigenvalue weighted by Gasteiger charge is 2.26. The molecule has 3 nitrogen and oxygen atoms in total. The first-order valence-electron chi connectivity index (χ1n) is 7.68. The molecule has 0 radical (unpaired) electrons. The fourth-order valence-corrected chi connectivity index (χ4v) is 3.91. The summed E-state index contributed by atoms with van der Waals surface area (Å²) in [6.07, 6.45) is 5.80. The topological polar surface area (TPSA) is 52.8 Å². The molecule has 2 N–H and O–H groups in total. The van der Waals surface area contributed by atoms with Crippen LogP contribution < -0.4 is 10.4 Å². The van der Waals surface area contributed by atoms with Crippen LogP contribution in [0.3, 0.4) is 0 Å². The van der Waals surface area contributed by atoms with Crippen LogP contribution in [0.5, 0.6) is 0 Å². The van der Waals surface area contributed by atoms with Gasteiger partial charge in [0.2, 0.25) is 0 Å². The molecule has 1 fully saturated rings. The second-order valence-corrected chi connectivity index (χ2v) is 6.23. The molecule has 3 aliphatic rings. The summed E-state index contributed by atoms with van der Waals surface area (Å²) >= 11 is 0. The number of allylic oxidation sites excluding steroid dienone is 1. The van der Waals surface area contributed by atoms with Crippen molar-refractivity contribution < 1.29 is 10.2 Å². The van der Waals surface area contributed by atoms with Gasteiger partial charge in [0.15, 0.2) is 0 Å². The van der Waals surface area contributed by atoms with Crippen LogP contribution in [-0.4, -0.2) is 22.0 Å². The lowest BCUT2D eigenvalue weighted by Gasteiger charge is -2.19. The summed E-state index contributed by atoms with van der Waals surface area (Å²) in [5.41, 5.74) is 4.25. The molecule has 0 spiro atoms. The highest BCUT2D eigenvalue weighted by atomic mass is 16.3. The molecule has 0 bridgehead atoms. The second-order valence-electron chi connectivity index (χ2n) is 6.23. The lowest BCUT2D eigenvalue weighted by molar-refractivity contribution is 0.169. The third kappa shape index (κ3) is 1.46. The van der Waals surface area contributed by atoms with Gasteiger partial charge in [0.05, 0.1) is 11.8 Å². The van der Waals surface area contributed by atoms with Crippen LogP contribution in [0.2, 0.25) is 0 Å². The van der Waals surface area contributed by atoms with Crippen LogP contribution in [0, 0.1) is 0 Å². The summed E-state index contributed by atoms with van der Waals surface area (Å²) in [5, 5.41) is 24.5. The van der Waals surface area contributed by atoms with E-state index in [4.69, 9.17) is 4.99 Å². The van der Waals surface area contributed by atoms with E-state index in [1.807, 2.05) is 12.1 Å². The van der Waals surface area contributed by atoms with Gasteiger partial charge in [-0.05, 0) is 52.6 Å². The number of hydrogen-bond acceptors (Lipinski definition) is 3. The van der Waals surface area contributed by atoms with Crippen LogP contribution >= 0.6 is 0 Å². The largest absolute Gasteiger partial charge is 0.507 e. The van der Waals surface area contributed by atoms with Crippen molar-refractivity contribution in [2.45, 2.75) is 25.4 Å². The first kappa shape index (κ1) is 12.2. The van der Waals surface area contributed by atoms with Crippen molar-refractivity contribution in [2.75, 3.05) is 0 Å². The molecular formula is C19H15NO2. The molecule has 1 saturated carbocycles. The predicted octanol–water partition coefficient (Wildman–Crippen LogP) is 2.31. The number of rotatable bonds is 0. The van der Waals surface area contributed by atoms with Gasteiger partial charge in [-0.2, -0.15) is 0 Å². The standard InChI is InChI=1S/C19H15NO2/c21-10-1-6-16-15(9-10)19-14-3-2-13-11(5-8-18(13)22)12(14)4-7-17(19)20-16/h2-5,7-8,10,21-22H,1,6,9H2. The highest BCUT2D eigenvalue weighted by Crippen LogP contribution is 2.31. The molecule has 108 valence electrons. The molecule has 0 amide bonds. The lowest BCUT2D eigenvalue weighted by atomic mass is 9.89. The number of aliphatic imine (C=N–C) groups is 1. The SMILES string of the molecule is OC1=CC=c2c1ccc1c3c(ccc21)N=C1CCC(O)CC=31. The molecule has 1 unspecified atom stereocenters. The van der Waals surface area contributed by atoms with Crippen molar-refractivity contribution in [2.24, 2.45) is 4.99 Å². The summed E-state index contributed by atoms with van der Waals surface area (Å²) in [4.78, 5) is 4.76. The molecule has 1 atom stereocenters. The Bertz CT molecular complexity index is 1030. The van der Waals surface area contributed by atoms with Crippen molar-refractivity contribution in [3.05, 3.63) is 46.3 Å². The van der Waals surface area contributed by atoms with Crippen LogP contribution in [0.4, 0.5) is 5.69 Å². The quantitative estimate of drug-likeness (QED) is 0.782. The average molecular weight is 289 g/mol. The van der Waals surface area contributed by atoms with E-state index in [-0.39, 0.29) is 6.10 Å². The van der Waals surface area contributed by atoms with Crippen molar-refractivity contribution in [1.82, 2.24) is 0 Å². The normalized spacial score (nSPS) is 21.9. The molecule has 3 heteroatoms. The number of nitrogens with zero attached hydrogens (tertiary/aromatic N) is 1. The Morgan fingerprint density at radius 1 is 1.05 bits per heavy atom. The Morgan fingerprint density at radius 3 is 2.82 bits per heavy atom. The lowest BCUT2D eigenvalue weighted by Crippen LogP contribution is -2.23. The van der Waals surface area contributed by atoms with Gasteiger partial charge in [-0.25, -0.2) is 0 Å². The third-order valence-electron chi connectivity index (χ3n) is 4.96. The van der Waals surface area contributed by atoms with E-state index in [1.165, 1.54) is 16.2 Å². The zero-order chi connectivity index (χ0) is 14.8. The predicted molar refractivity (Wildman–Crippen MR) is 88.6 cm³/mol. The van der Waals surface area contributed by atoms with Gasteiger partial charge in [0, 0.05) is 22.9 Å². The van der Waals surface area contributed by atoms with Crippen molar-refractivity contribution in [3.8, 4) is 0 Å². The van der Waals surface area contributed by atoms with Crippen LogP contribution in [-0.2, 0) is 0 Å². The van der Waals surface area contributed by atoms with E-state index in [0.717, 1.165) is 40.4 Å². The summed E-state index contributed by atoms with van der Waals surface area (Å²) in [6, 6.07) is 8.20. The van der Waals surface area contributed by atoms with E-state index in [9.17, 15) is 10.2 Å². The minimum Gasteiger partial charge on any atom is -0.507 e. The molecular weight excluding hydrogens is 274 g/mol. The zero-order valence-electron chi connectivity index (χ0n) is 12.0. The Balaban J connectivity index is 1.91. The first-order valence-corrected chi connectivity index (χ1v) is 7.68. The van der Waals surface area contributed by atoms with E-state index in [2.05, 4.69) is 18.2 Å². The molecule has 0 aromatic heterocycles. The zero-order valence-corrected chi connectivity index (χ0v) is 12.0. The summed E-state index contributed by atoms with van der Waals surface area (Å²) < 4.78 is 0. The van der Waals surface area contributed by atoms with Gasteiger partial charge in [-0.3, -0.25) is 4.99 Å². The Morgan fingerprint density at radius 2 is 1.91 bits per heavy atom. The minimum absolute atomic E-state index is 0.262. The third-order valence-corrected chi connectivity index (χ3v) is 4.96. The monoisotopic (exact) mass is 289 g/mol. The Hall–Kier alpha value is -2.39. The van der Waals surface area contributed by atoms with Gasteiger partial charge in [0.25, 0.3) is 0 Å². The first-order chi connectivity index (χ1) is 10.7. The number of aliphatic hydroxyl groups is 2. The van der Waals surface area contributed by atoms with E-state index in [1.54, 1.807) is 6.08 Å². The van der Waals surface area contributed by atoms with E-state index < -0.39 is 0 Å². The smallest absolute Gasteiger partial charge is 0.123 e. The maximum Gasteiger partial charge on any atom is 0.123 e. The minimum atomic E-state index is -0.262. The molecule has 22 heavy (non-hydrogen) atoms. The van der Waals surface area contributed by atoms with Crippen molar-refractivity contribution >= 4 is 39.6 Å². The summed E-state index contributed by atoms with van der Waals surface area (Å²) in [5.74, 6) is 0.329. The van der Waals surface area contributed by atoms with Gasteiger partial charge >= 0.3 is 0 Å². The molecule has 1 aliphatic heterocycles. The average Bonchev–Trinajstić information content (AvgIpc) is 3.08. The maximum atomic E-state index is 10.0. The van der Waals surface area contributed by atoms with E-state index >= 15 is 0 Å². The van der Waals surface area contributed by atoms with Crippen LogP contribution in [0.25, 0.3) is 28.2 Å². The van der Waals surface area contributed by atoms with Crippen molar-refractivity contribution in [3.63, 3.8) is 0 Å². The molecule has 2 aliphatic carbocycles. The molecule has 2 aromatic carbocycles.